The van der Waals surface area contributed by atoms with Crippen LogP contribution in [0.25, 0.3) is 10.9 Å². The Kier molecular flexibility index (Phi) is 5.56. The number of aromatic nitrogens is 1. The summed E-state index contributed by atoms with van der Waals surface area (Å²) in [4.78, 5) is 18.8. The molecule has 23 heavy (non-hydrogen) atoms. The normalized spacial score (nSPS) is 16.2. The van der Waals surface area contributed by atoms with Crippen LogP contribution in [0.5, 0.6) is 0 Å². The maximum absolute atomic E-state index is 12.1. The number of para-hydroxylation sites is 1. The van der Waals surface area contributed by atoms with E-state index in [-0.39, 0.29) is 5.91 Å². The second-order valence-electron chi connectivity index (χ2n) is 5.97. The molecule has 1 aromatic heterocycles. The van der Waals surface area contributed by atoms with Crippen LogP contribution in [0.3, 0.4) is 0 Å². The van der Waals surface area contributed by atoms with Gasteiger partial charge in [0.25, 0.3) is 0 Å². The first-order valence-corrected chi connectivity index (χ1v) is 8.35. The molecule has 1 amide bonds. The molecule has 0 unspecified atom stereocenters. The number of nitrogens with zero attached hydrogens (tertiary/aromatic N) is 2. The van der Waals surface area contributed by atoms with E-state index in [0.717, 1.165) is 49.9 Å². The van der Waals surface area contributed by atoms with Gasteiger partial charge in [-0.1, -0.05) is 24.3 Å². The summed E-state index contributed by atoms with van der Waals surface area (Å²) < 4.78 is 0. The van der Waals surface area contributed by atoms with Crippen molar-refractivity contribution in [1.29, 1.82) is 0 Å². The predicted molar refractivity (Wildman–Crippen MR) is 92.4 cm³/mol. The summed E-state index contributed by atoms with van der Waals surface area (Å²) in [6.07, 6.45) is 3.73. The van der Waals surface area contributed by atoms with Crippen LogP contribution in [0.2, 0.25) is 0 Å². The number of fused-ring (bicyclic) bond motifs is 1. The molecular formula is C18H24N4O. The zero-order valence-electron chi connectivity index (χ0n) is 13.4. The van der Waals surface area contributed by atoms with Crippen molar-refractivity contribution in [2.24, 2.45) is 0 Å². The van der Waals surface area contributed by atoms with Crippen LogP contribution >= 0.6 is 0 Å². The van der Waals surface area contributed by atoms with E-state index in [9.17, 15) is 4.79 Å². The zero-order valence-corrected chi connectivity index (χ0v) is 13.4. The average Bonchev–Trinajstić information content (AvgIpc) is 2.84. The minimum absolute atomic E-state index is 0.111. The fourth-order valence-electron chi connectivity index (χ4n) is 3.02. The lowest BCUT2D eigenvalue weighted by atomic mass is 10.1. The Morgan fingerprint density at radius 1 is 1.22 bits per heavy atom. The minimum Gasteiger partial charge on any atom is -0.355 e. The van der Waals surface area contributed by atoms with Gasteiger partial charge in [0.1, 0.15) is 0 Å². The number of pyridine rings is 1. The lowest BCUT2D eigenvalue weighted by Gasteiger charge is -2.18. The van der Waals surface area contributed by atoms with Gasteiger partial charge in [0.05, 0.1) is 12.1 Å². The topological polar surface area (TPSA) is 57.3 Å². The summed E-state index contributed by atoms with van der Waals surface area (Å²) in [7, 11) is 0. The summed E-state index contributed by atoms with van der Waals surface area (Å²) >= 11 is 0. The molecule has 0 spiro atoms. The highest BCUT2D eigenvalue weighted by Crippen LogP contribution is 2.15. The van der Waals surface area contributed by atoms with E-state index >= 15 is 0 Å². The number of carbonyl (C=O) groups is 1. The smallest absolute Gasteiger partial charge is 0.234 e. The molecule has 0 atom stereocenters. The molecule has 1 saturated heterocycles. The molecule has 0 aliphatic carbocycles. The largest absolute Gasteiger partial charge is 0.355 e. The fraction of sp³-hybridized carbons (Fsp3) is 0.444. The van der Waals surface area contributed by atoms with Gasteiger partial charge in [-0.15, -0.1) is 0 Å². The van der Waals surface area contributed by atoms with Gasteiger partial charge >= 0.3 is 0 Å². The number of amides is 1. The molecule has 0 bridgehead atoms. The van der Waals surface area contributed by atoms with E-state index in [4.69, 9.17) is 0 Å². The fourth-order valence-corrected chi connectivity index (χ4v) is 3.02. The second kappa shape index (κ2) is 8.04. The summed E-state index contributed by atoms with van der Waals surface area (Å²) in [6, 6.07) is 10.2. The quantitative estimate of drug-likeness (QED) is 0.871. The first-order valence-electron chi connectivity index (χ1n) is 8.35. The minimum atomic E-state index is 0.111. The molecule has 5 nitrogen and oxygen atoms in total. The van der Waals surface area contributed by atoms with Crippen LogP contribution in [0, 0.1) is 0 Å². The van der Waals surface area contributed by atoms with E-state index < -0.39 is 0 Å². The first-order chi connectivity index (χ1) is 11.3. The maximum atomic E-state index is 12.1. The Bertz CT molecular complexity index is 645. The number of hydrogen-bond donors (Lipinski definition) is 2. The highest BCUT2D eigenvalue weighted by Gasteiger charge is 2.12. The van der Waals surface area contributed by atoms with Crippen molar-refractivity contribution >= 4 is 16.8 Å². The Morgan fingerprint density at radius 2 is 2.13 bits per heavy atom. The van der Waals surface area contributed by atoms with E-state index in [2.05, 4.69) is 38.7 Å². The van der Waals surface area contributed by atoms with Crippen molar-refractivity contribution in [3.8, 4) is 0 Å². The second-order valence-corrected chi connectivity index (χ2v) is 5.97. The summed E-state index contributed by atoms with van der Waals surface area (Å²) in [5, 5.41) is 7.53. The van der Waals surface area contributed by atoms with Crippen molar-refractivity contribution in [3.63, 3.8) is 0 Å². The maximum Gasteiger partial charge on any atom is 0.234 e. The van der Waals surface area contributed by atoms with Crippen LogP contribution in [-0.4, -0.2) is 55.1 Å². The van der Waals surface area contributed by atoms with Crippen LogP contribution < -0.4 is 10.6 Å². The third kappa shape index (κ3) is 4.50. The Balaban J connectivity index is 1.49. The monoisotopic (exact) mass is 312 g/mol. The number of nitrogens with one attached hydrogen (secondary N) is 2. The zero-order chi connectivity index (χ0) is 15.9. The van der Waals surface area contributed by atoms with Gasteiger partial charge in [-0.05, 0) is 37.6 Å². The molecule has 0 saturated carbocycles. The van der Waals surface area contributed by atoms with Gasteiger partial charge in [0, 0.05) is 31.2 Å². The molecule has 1 fully saturated rings. The molecule has 3 rings (SSSR count). The standard InChI is InChI=1S/C18H24N4O/c23-17(14-22-12-3-8-19-11-13-22)20-10-7-16-5-1-4-15-6-2-9-21-18(15)16/h1-2,4-6,9,19H,3,7-8,10-14H2,(H,20,23). The van der Waals surface area contributed by atoms with Gasteiger partial charge in [0.15, 0.2) is 0 Å². The molecule has 2 heterocycles. The first kappa shape index (κ1) is 15.9. The van der Waals surface area contributed by atoms with E-state index in [0.29, 0.717) is 13.1 Å². The van der Waals surface area contributed by atoms with Gasteiger partial charge < -0.3 is 10.6 Å². The van der Waals surface area contributed by atoms with Crippen LogP contribution in [0.1, 0.15) is 12.0 Å². The molecular weight excluding hydrogens is 288 g/mol. The molecule has 1 aliphatic heterocycles. The number of carbonyl (C=O) groups excluding carboxylic acids is 1. The molecule has 2 N–H and O–H groups in total. The molecule has 2 aromatic rings. The SMILES string of the molecule is O=C(CN1CCCNCC1)NCCc1cccc2cccnc12. The Labute approximate surface area is 137 Å². The van der Waals surface area contributed by atoms with Gasteiger partial charge in [-0.3, -0.25) is 14.7 Å². The lowest BCUT2D eigenvalue weighted by molar-refractivity contribution is -0.122. The van der Waals surface area contributed by atoms with Gasteiger partial charge in [-0.2, -0.15) is 0 Å². The lowest BCUT2D eigenvalue weighted by Crippen LogP contribution is -2.39. The van der Waals surface area contributed by atoms with E-state index in [1.54, 1.807) is 0 Å². The third-order valence-electron chi connectivity index (χ3n) is 4.23. The summed E-state index contributed by atoms with van der Waals surface area (Å²) in [5.41, 5.74) is 2.21. The van der Waals surface area contributed by atoms with Crippen LogP contribution in [-0.2, 0) is 11.2 Å². The van der Waals surface area contributed by atoms with Crippen molar-refractivity contribution in [3.05, 3.63) is 42.1 Å². The number of benzene rings is 1. The van der Waals surface area contributed by atoms with Gasteiger partial charge in [0.2, 0.25) is 5.91 Å². The molecule has 122 valence electrons. The molecule has 5 heteroatoms. The number of rotatable bonds is 5. The Morgan fingerprint density at radius 3 is 3.09 bits per heavy atom. The highest BCUT2D eigenvalue weighted by molar-refractivity contribution is 5.81. The van der Waals surface area contributed by atoms with E-state index in [1.807, 2.05) is 18.3 Å². The van der Waals surface area contributed by atoms with Crippen LogP contribution in [0.4, 0.5) is 0 Å². The predicted octanol–water partition coefficient (Wildman–Crippen LogP) is 1.19. The van der Waals surface area contributed by atoms with Crippen molar-refractivity contribution in [2.75, 3.05) is 39.3 Å². The summed E-state index contributed by atoms with van der Waals surface area (Å²) in [5.74, 6) is 0.111. The third-order valence-corrected chi connectivity index (χ3v) is 4.23. The van der Waals surface area contributed by atoms with Crippen LogP contribution in [0.15, 0.2) is 36.5 Å². The van der Waals surface area contributed by atoms with Crippen molar-refractivity contribution < 1.29 is 4.79 Å². The number of hydrogen-bond acceptors (Lipinski definition) is 4. The molecule has 1 aliphatic rings. The van der Waals surface area contributed by atoms with Gasteiger partial charge in [-0.25, -0.2) is 0 Å². The molecule has 0 radical (unpaired) electrons. The average molecular weight is 312 g/mol. The Hall–Kier alpha value is -1.98. The van der Waals surface area contributed by atoms with Crippen molar-refractivity contribution in [1.82, 2.24) is 20.5 Å². The van der Waals surface area contributed by atoms with E-state index in [1.165, 1.54) is 5.56 Å². The summed E-state index contributed by atoms with van der Waals surface area (Å²) in [6.45, 7) is 5.10. The van der Waals surface area contributed by atoms with Crippen molar-refractivity contribution in [2.45, 2.75) is 12.8 Å². The highest BCUT2D eigenvalue weighted by atomic mass is 16.2. The molecule has 1 aromatic carbocycles.